The molecule has 1 amide bonds. The Hall–Kier alpha value is -0.860. The Bertz CT molecular complexity index is 519. The molecule has 3 heterocycles. The Morgan fingerprint density at radius 1 is 1.24 bits per heavy atom. The molecule has 114 valence electrons. The second kappa shape index (κ2) is 6.93. The second-order valence-corrected chi connectivity index (χ2v) is 6.95. The zero-order chi connectivity index (χ0) is 14.7. The number of ether oxygens (including phenoxy) is 1. The van der Waals surface area contributed by atoms with E-state index in [1.54, 1.807) is 6.20 Å². The van der Waals surface area contributed by atoms with Gasteiger partial charge in [0.05, 0.1) is 17.7 Å². The van der Waals surface area contributed by atoms with Crippen LogP contribution in [-0.4, -0.2) is 71.7 Å². The number of carbonyl (C=O) groups is 1. The maximum Gasteiger partial charge on any atom is 0.273 e. The average Bonchev–Trinajstić information content (AvgIpc) is 2.56. The number of thioether (sulfide) groups is 1. The van der Waals surface area contributed by atoms with Crippen molar-refractivity contribution < 1.29 is 9.53 Å². The van der Waals surface area contributed by atoms with E-state index in [1.807, 2.05) is 16.7 Å². The fraction of sp³-hybridized carbons (Fsp3) is 0.615. The minimum absolute atomic E-state index is 0.0147. The summed E-state index contributed by atoms with van der Waals surface area (Å²) in [5, 5.41) is 0. The van der Waals surface area contributed by atoms with Crippen LogP contribution in [0.1, 0.15) is 10.5 Å². The van der Waals surface area contributed by atoms with Crippen LogP contribution in [0.2, 0.25) is 0 Å². The third kappa shape index (κ3) is 3.49. The average molecular weight is 373 g/mol. The molecule has 0 aromatic carbocycles. The van der Waals surface area contributed by atoms with E-state index in [9.17, 15) is 4.79 Å². The first-order chi connectivity index (χ1) is 10.3. The van der Waals surface area contributed by atoms with Gasteiger partial charge in [0.1, 0.15) is 5.69 Å². The van der Waals surface area contributed by atoms with E-state index in [1.165, 1.54) is 0 Å². The topological polar surface area (TPSA) is 58.6 Å². The van der Waals surface area contributed by atoms with Gasteiger partial charge in [-0.3, -0.25) is 4.79 Å². The fourth-order valence-electron chi connectivity index (χ4n) is 2.34. The lowest BCUT2D eigenvalue weighted by molar-refractivity contribution is 0.0765. The standard InChI is InChI=1S/C13H17BrN4O2S/c14-10-9-15-13(18-1-5-20-6-2-18)16-11(10)12(19)17-3-7-21-8-4-17/h9H,1-8H2. The number of carbonyl (C=O) groups excluding carboxylic acids is 1. The lowest BCUT2D eigenvalue weighted by Crippen LogP contribution is -2.40. The highest BCUT2D eigenvalue weighted by atomic mass is 79.9. The van der Waals surface area contributed by atoms with Crippen LogP contribution in [0.4, 0.5) is 5.95 Å². The monoisotopic (exact) mass is 372 g/mol. The summed E-state index contributed by atoms with van der Waals surface area (Å²) >= 11 is 5.28. The van der Waals surface area contributed by atoms with Crippen LogP contribution in [0.5, 0.6) is 0 Å². The van der Waals surface area contributed by atoms with E-state index in [0.717, 1.165) is 37.7 Å². The summed E-state index contributed by atoms with van der Waals surface area (Å²) in [5.41, 5.74) is 0.457. The zero-order valence-corrected chi connectivity index (χ0v) is 14.0. The molecule has 1 aromatic heterocycles. The number of halogens is 1. The molecule has 0 atom stereocenters. The summed E-state index contributed by atoms with van der Waals surface area (Å²) in [6.45, 7) is 4.43. The van der Waals surface area contributed by atoms with Crippen molar-refractivity contribution in [1.82, 2.24) is 14.9 Å². The van der Waals surface area contributed by atoms with Crippen LogP contribution in [0.25, 0.3) is 0 Å². The third-order valence-corrected chi connectivity index (χ3v) is 5.05. The van der Waals surface area contributed by atoms with Crippen LogP contribution in [0, 0.1) is 0 Å². The highest BCUT2D eigenvalue weighted by Gasteiger charge is 2.24. The lowest BCUT2D eigenvalue weighted by Gasteiger charge is -2.28. The predicted octanol–water partition coefficient (Wildman–Crippen LogP) is 1.26. The van der Waals surface area contributed by atoms with Crippen LogP contribution in [-0.2, 0) is 4.74 Å². The van der Waals surface area contributed by atoms with Gasteiger partial charge in [0.15, 0.2) is 0 Å². The van der Waals surface area contributed by atoms with Gasteiger partial charge in [-0.2, -0.15) is 11.8 Å². The molecule has 0 bridgehead atoms. The number of amides is 1. The molecular weight excluding hydrogens is 356 g/mol. The first-order valence-electron chi connectivity index (χ1n) is 6.98. The maximum absolute atomic E-state index is 12.6. The Labute approximate surface area is 136 Å². The second-order valence-electron chi connectivity index (χ2n) is 4.87. The Morgan fingerprint density at radius 2 is 1.95 bits per heavy atom. The summed E-state index contributed by atoms with van der Waals surface area (Å²) in [7, 11) is 0. The van der Waals surface area contributed by atoms with E-state index in [4.69, 9.17) is 4.74 Å². The Morgan fingerprint density at radius 3 is 2.67 bits per heavy atom. The number of aromatic nitrogens is 2. The minimum Gasteiger partial charge on any atom is -0.378 e. The van der Waals surface area contributed by atoms with Gasteiger partial charge in [-0.25, -0.2) is 9.97 Å². The number of hydrogen-bond donors (Lipinski definition) is 0. The Balaban J connectivity index is 1.81. The van der Waals surface area contributed by atoms with Crippen LogP contribution in [0.3, 0.4) is 0 Å². The number of hydrogen-bond acceptors (Lipinski definition) is 6. The largest absolute Gasteiger partial charge is 0.378 e. The van der Waals surface area contributed by atoms with E-state index in [-0.39, 0.29) is 5.91 Å². The number of morpholine rings is 1. The van der Waals surface area contributed by atoms with Crippen molar-refractivity contribution in [2.75, 3.05) is 55.8 Å². The molecule has 2 aliphatic heterocycles. The molecule has 6 nitrogen and oxygen atoms in total. The highest BCUT2D eigenvalue weighted by Crippen LogP contribution is 2.21. The molecule has 0 radical (unpaired) electrons. The van der Waals surface area contributed by atoms with Crippen molar-refractivity contribution in [3.8, 4) is 0 Å². The van der Waals surface area contributed by atoms with Crippen molar-refractivity contribution in [2.45, 2.75) is 0 Å². The van der Waals surface area contributed by atoms with Gasteiger partial charge in [-0.1, -0.05) is 0 Å². The molecule has 8 heteroatoms. The van der Waals surface area contributed by atoms with Gasteiger partial charge in [0, 0.05) is 43.9 Å². The smallest absolute Gasteiger partial charge is 0.273 e. The number of anilines is 1. The minimum atomic E-state index is -0.0147. The van der Waals surface area contributed by atoms with E-state index in [2.05, 4.69) is 30.8 Å². The van der Waals surface area contributed by atoms with E-state index < -0.39 is 0 Å². The van der Waals surface area contributed by atoms with Crippen LogP contribution in [0.15, 0.2) is 10.7 Å². The first kappa shape index (κ1) is 15.1. The van der Waals surface area contributed by atoms with Gasteiger partial charge in [-0.15, -0.1) is 0 Å². The van der Waals surface area contributed by atoms with Gasteiger partial charge < -0.3 is 14.5 Å². The van der Waals surface area contributed by atoms with Crippen molar-refractivity contribution in [3.05, 3.63) is 16.4 Å². The summed E-state index contributed by atoms with van der Waals surface area (Å²) in [6.07, 6.45) is 1.67. The SMILES string of the molecule is O=C(c1nc(N2CCOCC2)ncc1Br)N1CCSCC1. The van der Waals surface area contributed by atoms with Crippen molar-refractivity contribution in [3.63, 3.8) is 0 Å². The van der Waals surface area contributed by atoms with Gasteiger partial charge >= 0.3 is 0 Å². The summed E-state index contributed by atoms with van der Waals surface area (Å²) in [6, 6.07) is 0. The highest BCUT2D eigenvalue weighted by molar-refractivity contribution is 9.10. The maximum atomic E-state index is 12.6. The molecule has 3 rings (SSSR count). The summed E-state index contributed by atoms with van der Waals surface area (Å²) < 4.78 is 5.99. The molecule has 0 spiro atoms. The number of rotatable bonds is 2. The van der Waals surface area contributed by atoms with Crippen LogP contribution < -0.4 is 4.90 Å². The molecule has 2 saturated heterocycles. The molecule has 2 fully saturated rings. The summed E-state index contributed by atoms with van der Waals surface area (Å²) in [4.78, 5) is 25.3. The zero-order valence-electron chi connectivity index (χ0n) is 11.6. The molecule has 0 saturated carbocycles. The predicted molar refractivity (Wildman–Crippen MR) is 86.0 cm³/mol. The van der Waals surface area contributed by atoms with Crippen molar-refractivity contribution in [2.24, 2.45) is 0 Å². The molecule has 1 aromatic rings. The summed E-state index contributed by atoms with van der Waals surface area (Å²) in [5.74, 6) is 2.57. The molecule has 0 aliphatic carbocycles. The lowest BCUT2D eigenvalue weighted by atomic mass is 10.3. The van der Waals surface area contributed by atoms with Crippen LogP contribution >= 0.6 is 27.7 Å². The molecule has 0 N–H and O–H groups in total. The van der Waals surface area contributed by atoms with Gasteiger partial charge in [0.2, 0.25) is 5.95 Å². The van der Waals surface area contributed by atoms with Gasteiger partial charge in [-0.05, 0) is 15.9 Å². The van der Waals surface area contributed by atoms with Crippen molar-refractivity contribution >= 4 is 39.5 Å². The Kier molecular flexibility index (Phi) is 4.97. The normalized spacial score (nSPS) is 19.7. The molecule has 2 aliphatic rings. The number of nitrogens with zero attached hydrogens (tertiary/aromatic N) is 4. The molecule has 21 heavy (non-hydrogen) atoms. The first-order valence-corrected chi connectivity index (χ1v) is 8.93. The molecule has 0 unspecified atom stereocenters. The fourth-order valence-corrected chi connectivity index (χ4v) is 3.60. The van der Waals surface area contributed by atoms with E-state index in [0.29, 0.717) is 29.3 Å². The third-order valence-electron chi connectivity index (χ3n) is 3.53. The van der Waals surface area contributed by atoms with Gasteiger partial charge in [0.25, 0.3) is 5.91 Å². The quantitative estimate of drug-likeness (QED) is 0.778. The molecular formula is C13H17BrN4O2S. The van der Waals surface area contributed by atoms with E-state index >= 15 is 0 Å². The van der Waals surface area contributed by atoms with Crippen molar-refractivity contribution in [1.29, 1.82) is 0 Å².